The molecule has 0 aliphatic heterocycles. The van der Waals surface area contributed by atoms with Gasteiger partial charge in [-0.15, -0.1) is 0 Å². The number of rotatable bonds is 5. The molecular formula is C53H44N2. The second-order valence-electron chi connectivity index (χ2n) is 16.1. The van der Waals surface area contributed by atoms with Gasteiger partial charge in [-0.1, -0.05) is 117 Å². The molecule has 266 valence electrons. The Morgan fingerprint density at radius 1 is 0.436 bits per heavy atom. The van der Waals surface area contributed by atoms with Gasteiger partial charge in [-0.05, 0) is 149 Å². The molecule has 0 fully saturated rings. The van der Waals surface area contributed by atoms with Gasteiger partial charge in [-0.2, -0.15) is 0 Å². The van der Waals surface area contributed by atoms with Crippen LogP contribution in [0.5, 0.6) is 0 Å². The van der Waals surface area contributed by atoms with E-state index in [0.29, 0.717) is 0 Å². The summed E-state index contributed by atoms with van der Waals surface area (Å²) in [4.78, 5) is 2.55. The van der Waals surface area contributed by atoms with Crippen LogP contribution in [0.4, 0.5) is 17.1 Å². The van der Waals surface area contributed by atoms with Crippen molar-refractivity contribution in [2.75, 3.05) is 4.90 Å². The largest absolute Gasteiger partial charge is 0.309 e. The lowest BCUT2D eigenvalue weighted by Crippen LogP contribution is -2.18. The van der Waals surface area contributed by atoms with Crippen LogP contribution in [0.1, 0.15) is 47.2 Å². The highest BCUT2D eigenvalue weighted by atomic mass is 15.2. The highest BCUT2D eigenvalue weighted by Gasteiger charge is 2.36. The fourth-order valence-electron chi connectivity index (χ4n) is 9.66. The monoisotopic (exact) mass is 708 g/mol. The van der Waals surface area contributed by atoms with Gasteiger partial charge in [0.2, 0.25) is 0 Å². The van der Waals surface area contributed by atoms with E-state index in [-0.39, 0.29) is 5.41 Å². The van der Waals surface area contributed by atoms with E-state index in [1.54, 1.807) is 0 Å². The topological polar surface area (TPSA) is 8.17 Å². The Balaban J connectivity index is 1.18. The van der Waals surface area contributed by atoms with E-state index in [1.807, 2.05) is 0 Å². The summed E-state index contributed by atoms with van der Waals surface area (Å²) in [6.07, 6.45) is 0. The second kappa shape index (κ2) is 12.3. The maximum atomic E-state index is 2.55. The third-order valence-electron chi connectivity index (χ3n) is 12.2. The maximum Gasteiger partial charge on any atom is 0.0541 e. The molecule has 1 aliphatic carbocycles. The Bertz CT molecular complexity index is 2910. The molecule has 0 radical (unpaired) electrons. The van der Waals surface area contributed by atoms with Crippen LogP contribution in [0.15, 0.2) is 158 Å². The van der Waals surface area contributed by atoms with Gasteiger partial charge in [-0.25, -0.2) is 0 Å². The van der Waals surface area contributed by atoms with Gasteiger partial charge in [0.15, 0.2) is 0 Å². The minimum atomic E-state index is -0.109. The lowest BCUT2D eigenvalue weighted by Gasteiger charge is -2.33. The van der Waals surface area contributed by atoms with Crippen molar-refractivity contribution >= 4 is 49.6 Å². The van der Waals surface area contributed by atoms with Crippen molar-refractivity contribution in [2.45, 2.75) is 47.0 Å². The molecule has 0 bridgehead atoms. The molecule has 0 atom stereocenters. The summed E-state index contributed by atoms with van der Waals surface area (Å²) in [7, 11) is 0. The number of benzene rings is 8. The van der Waals surface area contributed by atoms with Crippen LogP contribution in [0, 0.1) is 27.7 Å². The Morgan fingerprint density at radius 3 is 1.65 bits per heavy atom. The highest BCUT2D eigenvalue weighted by Crippen LogP contribution is 2.52. The molecule has 2 nitrogen and oxygen atoms in total. The first-order valence-corrected chi connectivity index (χ1v) is 19.4. The molecule has 2 heteroatoms. The summed E-state index contributed by atoms with van der Waals surface area (Å²) in [5.74, 6) is 0. The van der Waals surface area contributed by atoms with Gasteiger partial charge in [0.05, 0.1) is 22.4 Å². The van der Waals surface area contributed by atoms with E-state index in [2.05, 4.69) is 209 Å². The first kappa shape index (κ1) is 33.2. The van der Waals surface area contributed by atoms with Crippen LogP contribution in [0.3, 0.4) is 0 Å². The van der Waals surface area contributed by atoms with Gasteiger partial charge in [0.25, 0.3) is 0 Å². The molecule has 1 heterocycles. The summed E-state index contributed by atoms with van der Waals surface area (Å²) in [5, 5.41) is 5.08. The SMILES string of the molecule is Cc1cc(-c2ccc3ccccc3c2)cc(C)c1N(c1ccc2c(c1)C(C)(C)c1ccccc1-2)c1c(C)cc(-n2c3ccccc3c3ccccc32)cc1C. The Kier molecular flexibility index (Phi) is 7.44. The summed E-state index contributed by atoms with van der Waals surface area (Å²) in [5.41, 5.74) is 20.0. The number of para-hydroxylation sites is 2. The van der Waals surface area contributed by atoms with Crippen molar-refractivity contribution in [3.05, 3.63) is 191 Å². The smallest absolute Gasteiger partial charge is 0.0541 e. The van der Waals surface area contributed by atoms with Gasteiger partial charge in [-0.3, -0.25) is 0 Å². The fourth-order valence-corrected chi connectivity index (χ4v) is 9.66. The lowest BCUT2D eigenvalue weighted by atomic mass is 9.82. The van der Waals surface area contributed by atoms with Crippen molar-refractivity contribution in [1.29, 1.82) is 0 Å². The van der Waals surface area contributed by atoms with Crippen molar-refractivity contribution in [3.8, 4) is 27.9 Å². The van der Waals surface area contributed by atoms with Crippen molar-refractivity contribution in [3.63, 3.8) is 0 Å². The second-order valence-corrected chi connectivity index (χ2v) is 16.1. The number of aryl methyl sites for hydroxylation is 4. The van der Waals surface area contributed by atoms with E-state index < -0.39 is 0 Å². The molecule has 10 rings (SSSR count). The summed E-state index contributed by atoms with van der Waals surface area (Å²) >= 11 is 0. The van der Waals surface area contributed by atoms with Crippen molar-refractivity contribution < 1.29 is 0 Å². The number of anilines is 3. The minimum absolute atomic E-state index is 0.109. The van der Waals surface area contributed by atoms with Crippen LogP contribution in [0.2, 0.25) is 0 Å². The first-order valence-electron chi connectivity index (χ1n) is 19.4. The summed E-state index contributed by atoms with van der Waals surface area (Å²) < 4.78 is 2.43. The number of fused-ring (bicyclic) bond motifs is 7. The van der Waals surface area contributed by atoms with Gasteiger partial charge in [0.1, 0.15) is 0 Å². The molecule has 9 aromatic rings. The van der Waals surface area contributed by atoms with E-state index >= 15 is 0 Å². The molecule has 1 aromatic heterocycles. The van der Waals surface area contributed by atoms with Crippen LogP contribution in [-0.4, -0.2) is 4.57 Å². The summed E-state index contributed by atoms with van der Waals surface area (Å²) in [6.45, 7) is 13.9. The quantitative estimate of drug-likeness (QED) is 0.173. The molecule has 0 saturated heterocycles. The number of hydrogen-bond acceptors (Lipinski definition) is 1. The van der Waals surface area contributed by atoms with Gasteiger partial charge >= 0.3 is 0 Å². The molecule has 8 aromatic carbocycles. The normalized spacial score (nSPS) is 13.1. The maximum absolute atomic E-state index is 2.55. The zero-order chi connectivity index (χ0) is 37.6. The lowest BCUT2D eigenvalue weighted by molar-refractivity contribution is 0.660. The number of aromatic nitrogens is 1. The van der Waals surface area contributed by atoms with Crippen molar-refractivity contribution in [2.24, 2.45) is 0 Å². The number of nitrogens with zero attached hydrogens (tertiary/aromatic N) is 2. The van der Waals surface area contributed by atoms with E-state index in [1.165, 1.54) is 111 Å². The van der Waals surface area contributed by atoms with E-state index in [4.69, 9.17) is 0 Å². The molecule has 0 N–H and O–H groups in total. The molecule has 0 amide bonds. The molecular weight excluding hydrogens is 665 g/mol. The van der Waals surface area contributed by atoms with Crippen LogP contribution < -0.4 is 4.90 Å². The van der Waals surface area contributed by atoms with E-state index in [9.17, 15) is 0 Å². The number of hydrogen-bond donors (Lipinski definition) is 0. The van der Waals surface area contributed by atoms with Crippen LogP contribution in [0.25, 0.3) is 60.5 Å². The predicted octanol–water partition coefficient (Wildman–Crippen LogP) is 14.6. The third kappa shape index (κ3) is 5.08. The van der Waals surface area contributed by atoms with Crippen LogP contribution in [-0.2, 0) is 5.41 Å². The fraction of sp³-hybridized carbons (Fsp3) is 0.132. The van der Waals surface area contributed by atoms with Gasteiger partial charge < -0.3 is 9.47 Å². The molecule has 1 aliphatic rings. The van der Waals surface area contributed by atoms with Crippen molar-refractivity contribution in [1.82, 2.24) is 4.57 Å². The van der Waals surface area contributed by atoms with Gasteiger partial charge in [0, 0.05) is 27.6 Å². The molecule has 0 spiro atoms. The zero-order valence-corrected chi connectivity index (χ0v) is 32.4. The van der Waals surface area contributed by atoms with Crippen LogP contribution >= 0.6 is 0 Å². The van der Waals surface area contributed by atoms with E-state index in [0.717, 1.165) is 0 Å². The molecule has 0 unspecified atom stereocenters. The standard InChI is InChI=1S/C53H44N2/c1-33-27-40(39-24-23-37-15-7-8-16-38(37)31-39)28-34(2)51(33)55(41-25-26-44-43-17-9-12-20-47(43)53(5,6)48(44)32-41)52-35(3)29-42(30-36(52)4)54-49-21-13-10-18-45(49)46-19-11-14-22-50(46)54/h7-32H,1-6H3. The predicted molar refractivity (Wildman–Crippen MR) is 235 cm³/mol. The first-order chi connectivity index (χ1) is 26.7. The highest BCUT2D eigenvalue weighted by molar-refractivity contribution is 6.09. The summed E-state index contributed by atoms with van der Waals surface area (Å²) in [6, 6.07) is 58.6. The molecule has 0 saturated carbocycles. The third-order valence-corrected chi connectivity index (χ3v) is 12.2. The zero-order valence-electron chi connectivity index (χ0n) is 32.4. The average Bonchev–Trinajstić information content (AvgIpc) is 3.65. The Morgan fingerprint density at radius 2 is 0.982 bits per heavy atom. The Hall–Kier alpha value is -6.38. The minimum Gasteiger partial charge on any atom is -0.309 e. The Labute approximate surface area is 323 Å². The molecule has 55 heavy (non-hydrogen) atoms. The average molecular weight is 709 g/mol.